The minimum atomic E-state index is -0.737. The summed E-state index contributed by atoms with van der Waals surface area (Å²) < 4.78 is 2.47. The van der Waals surface area contributed by atoms with E-state index in [0.29, 0.717) is 10.7 Å². The van der Waals surface area contributed by atoms with Gasteiger partial charge in [-0.3, -0.25) is 4.68 Å². The normalized spacial score (nSPS) is 13.1. The second-order valence-electron chi connectivity index (χ2n) is 3.04. The van der Waals surface area contributed by atoms with Crippen molar-refractivity contribution in [2.24, 2.45) is 7.05 Å². The van der Waals surface area contributed by atoms with Crippen molar-refractivity contribution < 1.29 is 5.11 Å². The first-order valence-electron chi connectivity index (χ1n) is 4.19. The van der Waals surface area contributed by atoms with Gasteiger partial charge in [-0.15, -0.1) is 11.3 Å². The molecule has 2 aromatic heterocycles. The highest BCUT2D eigenvalue weighted by atomic mass is 79.9. The third kappa shape index (κ3) is 1.97. The molecule has 0 fully saturated rings. The lowest BCUT2D eigenvalue weighted by Gasteiger charge is -2.10. The molecule has 80 valence electrons. The van der Waals surface area contributed by atoms with E-state index in [1.54, 1.807) is 11.7 Å². The fourth-order valence-electron chi connectivity index (χ4n) is 1.35. The molecule has 1 atom stereocenters. The Morgan fingerprint density at radius 3 is 2.87 bits per heavy atom. The Labute approximate surface area is 104 Å². The number of rotatable bonds is 2. The first-order chi connectivity index (χ1) is 7.11. The maximum atomic E-state index is 10.1. The predicted octanol–water partition coefficient (Wildman–Crippen LogP) is 2.98. The van der Waals surface area contributed by atoms with Crippen molar-refractivity contribution in [2.75, 3.05) is 0 Å². The molecule has 6 heteroatoms. The van der Waals surface area contributed by atoms with Crippen LogP contribution in [0, 0.1) is 0 Å². The molecule has 0 aliphatic carbocycles. The summed E-state index contributed by atoms with van der Waals surface area (Å²) in [5.74, 6) is 0. The number of aliphatic hydroxyl groups excluding tert-OH is 1. The molecule has 0 amide bonds. The Kier molecular flexibility index (Phi) is 3.16. The topological polar surface area (TPSA) is 38.0 Å². The summed E-state index contributed by atoms with van der Waals surface area (Å²) in [5.41, 5.74) is 0.611. The van der Waals surface area contributed by atoms with Crippen LogP contribution in [0.2, 0.25) is 5.02 Å². The molecule has 0 bridgehead atoms. The van der Waals surface area contributed by atoms with Crippen molar-refractivity contribution in [2.45, 2.75) is 6.10 Å². The largest absolute Gasteiger partial charge is 0.381 e. The zero-order valence-electron chi connectivity index (χ0n) is 7.82. The van der Waals surface area contributed by atoms with Gasteiger partial charge in [0.1, 0.15) is 6.10 Å². The van der Waals surface area contributed by atoms with Crippen molar-refractivity contribution >= 4 is 38.9 Å². The maximum absolute atomic E-state index is 10.1. The monoisotopic (exact) mass is 306 g/mol. The Morgan fingerprint density at radius 1 is 1.67 bits per heavy atom. The van der Waals surface area contributed by atoms with Crippen molar-refractivity contribution in [1.82, 2.24) is 9.78 Å². The maximum Gasteiger partial charge on any atom is 0.132 e. The van der Waals surface area contributed by atoms with E-state index in [1.165, 1.54) is 17.5 Å². The third-order valence-corrected chi connectivity index (χ3v) is 4.30. The molecule has 0 aliphatic rings. The quantitative estimate of drug-likeness (QED) is 0.926. The number of thiophene rings is 1. The number of halogens is 2. The molecule has 2 heterocycles. The van der Waals surface area contributed by atoms with Gasteiger partial charge in [0.2, 0.25) is 0 Å². The van der Waals surface area contributed by atoms with Crippen LogP contribution in [0.25, 0.3) is 0 Å². The smallest absolute Gasteiger partial charge is 0.132 e. The molecule has 2 rings (SSSR count). The molecule has 0 saturated carbocycles. The van der Waals surface area contributed by atoms with Crippen molar-refractivity contribution in [3.63, 3.8) is 0 Å². The Balaban J connectivity index is 2.45. The van der Waals surface area contributed by atoms with Gasteiger partial charge in [0, 0.05) is 11.5 Å². The fraction of sp³-hybridized carbons (Fsp3) is 0.222. The standard InChI is InChI=1S/C9H8BrClN2OS/c1-13-7(6(11)4-12-13)8(14)9-5(10)2-3-15-9/h2-4,8,14H,1H3. The van der Waals surface area contributed by atoms with Crippen LogP contribution in [-0.2, 0) is 7.05 Å². The summed E-state index contributed by atoms with van der Waals surface area (Å²) in [5, 5.41) is 16.5. The van der Waals surface area contributed by atoms with Crippen LogP contribution in [0.15, 0.2) is 22.1 Å². The average Bonchev–Trinajstić information content (AvgIpc) is 2.73. The molecule has 1 unspecified atom stereocenters. The van der Waals surface area contributed by atoms with Crippen LogP contribution < -0.4 is 0 Å². The van der Waals surface area contributed by atoms with E-state index < -0.39 is 6.10 Å². The van der Waals surface area contributed by atoms with Gasteiger partial charge in [-0.05, 0) is 27.4 Å². The van der Waals surface area contributed by atoms with Crippen LogP contribution in [-0.4, -0.2) is 14.9 Å². The van der Waals surface area contributed by atoms with E-state index >= 15 is 0 Å². The summed E-state index contributed by atoms with van der Waals surface area (Å²) in [7, 11) is 1.76. The molecule has 3 nitrogen and oxygen atoms in total. The highest BCUT2D eigenvalue weighted by Gasteiger charge is 2.21. The molecule has 2 aromatic rings. The fourth-order valence-corrected chi connectivity index (χ4v) is 3.20. The van der Waals surface area contributed by atoms with Gasteiger partial charge in [-0.2, -0.15) is 5.10 Å². The van der Waals surface area contributed by atoms with Crippen LogP contribution in [0.4, 0.5) is 0 Å². The Bertz CT molecular complexity index is 463. The van der Waals surface area contributed by atoms with Gasteiger partial charge >= 0.3 is 0 Å². The van der Waals surface area contributed by atoms with Crippen molar-refractivity contribution in [3.8, 4) is 0 Å². The first-order valence-corrected chi connectivity index (χ1v) is 6.24. The van der Waals surface area contributed by atoms with E-state index in [4.69, 9.17) is 11.6 Å². The lowest BCUT2D eigenvalue weighted by Crippen LogP contribution is -2.06. The van der Waals surface area contributed by atoms with Gasteiger partial charge in [-0.1, -0.05) is 11.6 Å². The lowest BCUT2D eigenvalue weighted by molar-refractivity contribution is 0.213. The molecule has 1 N–H and O–H groups in total. The molecule has 15 heavy (non-hydrogen) atoms. The van der Waals surface area contributed by atoms with E-state index in [2.05, 4.69) is 21.0 Å². The van der Waals surface area contributed by atoms with Gasteiger partial charge in [-0.25, -0.2) is 0 Å². The number of nitrogens with zero attached hydrogens (tertiary/aromatic N) is 2. The zero-order valence-corrected chi connectivity index (χ0v) is 11.0. The predicted molar refractivity (Wildman–Crippen MR) is 64.3 cm³/mol. The van der Waals surface area contributed by atoms with Gasteiger partial charge in [0.05, 0.1) is 21.8 Å². The number of aromatic nitrogens is 2. The second kappa shape index (κ2) is 4.25. The molecule has 0 aliphatic heterocycles. The molecule has 0 radical (unpaired) electrons. The van der Waals surface area contributed by atoms with E-state index in [1.807, 2.05) is 11.4 Å². The van der Waals surface area contributed by atoms with E-state index in [9.17, 15) is 5.11 Å². The highest BCUT2D eigenvalue weighted by molar-refractivity contribution is 9.10. The van der Waals surface area contributed by atoms with Crippen molar-refractivity contribution in [3.05, 3.63) is 37.7 Å². The van der Waals surface area contributed by atoms with Gasteiger partial charge in [0.25, 0.3) is 0 Å². The summed E-state index contributed by atoms with van der Waals surface area (Å²) >= 11 is 10.8. The minimum absolute atomic E-state index is 0.477. The van der Waals surface area contributed by atoms with Gasteiger partial charge < -0.3 is 5.11 Å². The summed E-state index contributed by atoms with van der Waals surface area (Å²) in [6, 6.07) is 1.90. The minimum Gasteiger partial charge on any atom is -0.381 e. The van der Waals surface area contributed by atoms with Crippen LogP contribution in [0.3, 0.4) is 0 Å². The first kappa shape index (κ1) is 11.1. The number of hydrogen-bond acceptors (Lipinski definition) is 3. The summed E-state index contributed by atoms with van der Waals surface area (Å²) in [4.78, 5) is 0.834. The van der Waals surface area contributed by atoms with E-state index in [0.717, 1.165) is 9.35 Å². The number of hydrogen-bond donors (Lipinski definition) is 1. The van der Waals surface area contributed by atoms with Crippen LogP contribution in [0.1, 0.15) is 16.7 Å². The summed E-state index contributed by atoms with van der Waals surface area (Å²) in [6.45, 7) is 0. The Morgan fingerprint density at radius 2 is 2.40 bits per heavy atom. The van der Waals surface area contributed by atoms with Crippen LogP contribution >= 0.6 is 38.9 Å². The zero-order chi connectivity index (χ0) is 11.0. The Hall–Kier alpha value is -0.360. The lowest BCUT2D eigenvalue weighted by atomic mass is 10.2. The molecular weight excluding hydrogens is 300 g/mol. The number of aliphatic hydroxyl groups is 1. The van der Waals surface area contributed by atoms with Crippen molar-refractivity contribution in [1.29, 1.82) is 0 Å². The highest BCUT2D eigenvalue weighted by Crippen LogP contribution is 2.35. The average molecular weight is 308 g/mol. The molecule has 0 saturated heterocycles. The van der Waals surface area contributed by atoms with Gasteiger partial charge in [0.15, 0.2) is 0 Å². The second-order valence-corrected chi connectivity index (χ2v) is 5.25. The summed E-state index contributed by atoms with van der Waals surface area (Å²) in [6.07, 6.45) is 0.793. The SMILES string of the molecule is Cn1ncc(Cl)c1C(O)c1sccc1Br. The molecule has 0 aromatic carbocycles. The van der Waals surface area contributed by atoms with Crippen LogP contribution in [0.5, 0.6) is 0 Å². The van der Waals surface area contributed by atoms with E-state index in [-0.39, 0.29) is 0 Å². The molecule has 0 spiro atoms. The molecular formula is C9H8BrClN2OS. The number of aryl methyl sites for hydroxylation is 1. The third-order valence-electron chi connectivity index (χ3n) is 2.09.